The van der Waals surface area contributed by atoms with Gasteiger partial charge in [0.25, 0.3) is 0 Å². The van der Waals surface area contributed by atoms with Crippen molar-refractivity contribution in [3.05, 3.63) is 249 Å². The lowest BCUT2D eigenvalue weighted by Crippen LogP contribution is -1.96. The Morgan fingerprint density at radius 3 is 1.25 bits per heavy atom. The minimum Gasteiger partial charge on any atom is -0.309 e. The van der Waals surface area contributed by atoms with E-state index >= 15 is 0 Å². The van der Waals surface area contributed by atoms with Crippen molar-refractivity contribution in [2.45, 2.75) is 0 Å². The quantitative estimate of drug-likeness (QED) is 0.158. The van der Waals surface area contributed by atoms with Crippen molar-refractivity contribution in [1.29, 1.82) is 0 Å². The largest absolute Gasteiger partial charge is 0.309 e. The minimum absolute atomic E-state index is 1.13. The molecular formula is C64H41N3. The van der Waals surface area contributed by atoms with Gasteiger partial charge in [-0.1, -0.05) is 164 Å². The van der Waals surface area contributed by atoms with Crippen molar-refractivity contribution in [3.63, 3.8) is 0 Å². The summed E-state index contributed by atoms with van der Waals surface area (Å²) in [6.07, 6.45) is 0. The van der Waals surface area contributed by atoms with Gasteiger partial charge in [-0.15, -0.1) is 0 Å². The minimum atomic E-state index is 1.13. The van der Waals surface area contributed by atoms with Gasteiger partial charge in [-0.2, -0.15) is 0 Å². The maximum atomic E-state index is 2.47. The first-order chi connectivity index (χ1) is 33.2. The van der Waals surface area contributed by atoms with Gasteiger partial charge in [-0.3, -0.25) is 0 Å². The second kappa shape index (κ2) is 14.8. The lowest BCUT2D eigenvalue weighted by Gasteiger charge is -2.12. The van der Waals surface area contributed by atoms with Gasteiger partial charge >= 0.3 is 0 Å². The fraction of sp³-hybridized carbons (Fsp3) is 0. The van der Waals surface area contributed by atoms with Gasteiger partial charge in [-0.05, 0) is 129 Å². The summed E-state index contributed by atoms with van der Waals surface area (Å²) in [5, 5.41) is 9.89. The van der Waals surface area contributed by atoms with Crippen LogP contribution in [0.1, 0.15) is 0 Å². The Morgan fingerprint density at radius 2 is 0.597 bits per heavy atom. The lowest BCUT2D eigenvalue weighted by atomic mass is 10.00. The van der Waals surface area contributed by atoms with Crippen LogP contribution in [0.15, 0.2) is 249 Å². The second-order valence-corrected chi connectivity index (χ2v) is 17.8. The van der Waals surface area contributed by atoms with Crippen LogP contribution in [-0.2, 0) is 0 Å². The second-order valence-electron chi connectivity index (χ2n) is 17.8. The van der Waals surface area contributed by atoms with Gasteiger partial charge in [-0.25, -0.2) is 0 Å². The van der Waals surface area contributed by atoms with Gasteiger partial charge in [0.2, 0.25) is 0 Å². The average molecular weight is 852 g/mol. The maximum Gasteiger partial charge on any atom is 0.0562 e. The average Bonchev–Trinajstić information content (AvgIpc) is 4.03. The predicted molar refractivity (Wildman–Crippen MR) is 283 cm³/mol. The highest BCUT2D eigenvalue weighted by Crippen LogP contribution is 2.43. The summed E-state index contributed by atoms with van der Waals surface area (Å²) >= 11 is 0. The predicted octanol–water partition coefficient (Wildman–Crippen LogP) is 17.1. The number of benzene rings is 11. The Balaban J connectivity index is 0.985. The summed E-state index contributed by atoms with van der Waals surface area (Å²) in [4.78, 5) is 0. The van der Waals surface area contributed by atoms with Crippen LogP contribution in [0, 0.1) is 0 Å². The van der Waals surface area contributed by atoms with Crippen LogP contribution >= 0.6 is 0 Å². The summed E-state index contributed by atoms with van der Waals surface area (Å²) in [6, 6.07) is 91.3. The summed E-state index contributed by atoms with van der Waals surface area (Å²) in [5.41, 5.74) is 17.8. The van der Waals surface area contributed by atoms with E-state index in [0.29, 0.717) is 0 Å². The number of aromatic nitrogens is 3. The zero-order chi connectivity index (χ0) is 44.0. The third-order valence-corrected chi connectivity index (χ3v) is 14.0. The molecule has 0 N–H and O–H groups in total. The van der Waals surface area contributed by atoms with Crippen molar-refractivity contribution >= 4 is 76.2 Å². The smallest absolute Gasteiger partial charge is 0.0562 e. The normalized spacial score (nSPS) is 11.9. The van der Waals surface area contributed by atoms with Crippen molar-refractivity contribution in [2.75, 3.05) is 0 Å². The number of hydrogen-bond donors (Lipinski definition) is 0. The first kappa shape index (κ1) is 37.5. The van der Waals surface area contributed by atoms with Crippen LogP contribution in [0.3, 0.4) is 0 Å². The van der Waals surface area contributed by atoms with Gasteiger partial charge in [0.15, 0.2) is 0 Å². The Kier molecular flexibility index (Phi) is 8.28. The summed E-state index contributed by atoms with van der Waals surface area (Å²) in [7, 11) is 0. The number of fused-ring (bicyclic) bond motifs is 10. The van der Waals surface area contributed by atoms with Crippen molar-refractivity contribution in [3.8, 4) is 50.4 Å². The van der Waals surface area contributed by atoms with Crippen LogP contribution in [0.25, 0.3) is 127 Å². The molecule has 0 spiro atoms. The summed E-state index contributed by atoms with van der Waals surface area (Å²) in [5.74, 6) is 0. The highest BCUT2D eigenvalue weighted by Gasteiger charge is 2.21. The molecule has 0 radical (unpaired) electrons. The Labute approximate surface area is 387 Å². The molecule has 0 aliphatic heterocycles. The highest BCUT2D eigenvalue weighted by molar-refractivity contribution is 6.20. The zero-order valence-corrected chi connectivity index (χ0v) is 36.5. The van der Waals surface area contributed by atoms with Crippen LogP contribution in [0.5, 0.6) is 0 Å². The highest BCUT2D eigenvalue weighted by atomic mass is 15.0. The molecule has 14 rings (SSSR count). The lowest BCUT2D eigenvalue weighted by molar-refractivity contribution is 1.17. The molecule has 11 aromatic carbocycles. The topological polar surface area (TPSA) is 14.8 Å². The zero-order valence-electron chi connectivity index (χ0n) is 36.5. The van der Waals surface area contributed by atoms with Crippen LogP contribution in [0.4, 0.5) is 0 Å². The standard InChI is InChI=1S/C64H41N3/c1-3-14-42(15-4-1)45-26-31-50(32-27-45)65-59-24-11-9-22-53(59)55-38-48(29-34-61(55)65)49-30-35-62-56(39-49)58-40-57-54-23-10-12-25-60(54)67(52-33-28-44-18-7-8-19-46(44)37-52)63(57)41-64(58)66(62)51-21-13-20-47(36-51)43-16-5-2-6-17-43/h1-41H. The van der Waals surface area contributed by atoms with Crippen LogP contribution in [0.2, 0.25) is 0 Å². The van der Waals surface area contributed by atoms with E-state index in [4.69, 9.17) is 0 Å². The molecule has 0 aliphatic rings. The van der Waals surface area contributed by atoms with Crippen LogP contribution in [-0.4, -0.2) is 13.7 Å². The van der Waals surface area contributed by atoms with Gasteiger partial charge in [0, 0.05) is 49.4 Å². The summed E-state index contributed by atoms with van der Waals surface area (Å²) < 4.78 is 7.33. The molecule has 0 amide bonds. The van der Waals surface area contributed by atoms with E-state index in [1.54, 1.807) is 0 Å². The van der Waals surface area contributed by atoms with E-state index in [0.717, 1.165) is 17.1 Å². The first-order valence-corrected chi connectivity index (χ1v) is 23.1. The molecule has 0 fully saturated rings. The van der Waals surface area contributed by atoms with E-state index in [1.807, 2.05) is 0 Å². The number of rotatable bonds is 6. The molecule has 0 atom stereocenters. The fourth-order valence-corrected chi connectivity index (χ4v) is 10.9. The van der Waals surface area contributed by atoms with Crippen molar-refractivity contribution in [1.82, 2.24) is 13.7 Å². The Hall–Kier alpha value is -8.92. The number of para-hydroxylation sites is 2. The monoisotopic (exact) mass is 851 g/mol. The van der Waals surface area contributed by atoms with Crippen molar-refractivity contribution < 1.29 is 0 Å². The van der Waals surface area contributed by atoms with Crippen molar-refractivity contribution in [2.24, 2.45) is 0 Å². The SMILES string of the molecule is c1ccc(-c2ccc(-n3c4ccccc4c4cc(-c5ccc6c(c5)c5cc7c8ccccc8n(-c8ccc9ccccc9c8)c7cc5n6-c5cccc(-c6ccccc6)c5)ccc43)cc2)cc1. The molecule has 14 aromatic rings. The summed E-state index contributed by atoms with van der Waals surface area (Å²) in [6.45, 7) is 0. The van der Waals surface area contributed by atoms with E-state index in [-0.39, 0.29) is 0 Å². The Morgan fingerprint density at radius 1 is 0.179 bits per heavy atom. The molecule has 0 unspecified atom stereocenters. The number of nitrogens with zero attached hydrogens (tertiary/aromatic N) is 3. The third-order valence-electron chi connectivity index (χ3n) is 14.0. The molecule has 3 aromatic heterocycles. The van der Waals surface area contributed by atoms with E-state index in [9.17, 15) is 0 Å². The molecule has 0 bridgehead atoms. The molecule has 312 valence electrons. The molecule has 3 nitrogen and oxygen atoms in total. The molecular weight excluding hydrogens is 811 g/mol. The molecule has 3 heterocycles. The molecule has 67 heavy (non-hydrogen) atoms. The molecule has 3 heteroatoms. The first-order valence-electron chi connectivity index (χ1n) is 23.1. The molecule has 0 aliphatic carbocycles. The third kappa shape index (κ3) is 5.92. The van der Waals surface area contributed by atoms with E-state index in [2.05, 4.69) is 262 Å². The van der Waals surface area contributed by atoms with Gasteiger partial charge < -0.3 is 13.7 Å². The Bertz CT molecular complexity index is 4240. The number of hydrogen-bond acceptors (Lipinski definition) is 0. The van der Waals surface area contributed by atoms with E-state index in [1.165, 1.54) is 110 Å². The molecule has 0 saturated heterocycles. The van der Waals surface area contributed by atoms with Gasteiger partial charge in [0.1, 0.15) is 0 Å². The maximum absolute atomic E-state index is 2.47. The van der Waals surface area contributed by atoms with Gasteiger partial charge in [0.05, 0.1) is 33.1 Å². The molecule has 0 saturated carbocycles. The fourth-order valence-electron chi connectivity index (χ4n) is 10.9. The van der Waals surface area contributed by atoms with E-state index < -0.39 is 0 Å². The van der Waals surface area contributed by atoms with Crippen LogP contribution < -0.4 is 0 Å².